The number of nitrogens with zero attached hydrogens (tertiary/aromatic N) is 1. The molecule has 1 saturated heterocycles. The molecule has 20 heavy (non-hydrogen) atoms. The molecular formula is C10H11F3N2O5. The third-order valence-corrected chi connectivity index (χ3v) is 2.97. The minimum absolute atomic E-state index is 0.127. The van der Waals surface area contributed by atoms with Crippen molar-refractivity contribution < 1.29 is 28.1 Å². The molecular weight excluding hydrogens is 285 g/mol. The van der Waals surface area contributed by atoms with Gasteiger partial charge in [-0.3, -0.25) is 14.3 Å². The SMILES string of the molecule is CC(O)[C@H]1O[C@@H](n2cc(F)c(=O)[nH]c2=O)C(F)(F)[C@@H]1O. The zero-order chi connectivity index (χ0) is 15.2. The van der Waals surface area contributed by atoms with Gasteiger partial charge in [0.25, 0.3) is 5.56 Å². The maximum Gasteiger partial charge on any atom is 0.330 e. The van der Waals surface area contributed by atoms with Crippen molar-refractivity contribution in [1.29, 1.82) is 0 Å². The van der Waals surface area contributed by atoms with E-state index >= 15 is 0 Å². The van der Waals surface area contributed by atoms with Crippen molar-refractivity contribution in [3.05, 3.63) is 32.9 Å². The number of hydrogen-bond acceptors (Lipinski definition) is 5. The Hall–Kier alpha value is -1.65. The van der Waals surface area contributed by atoms with E-state index in [0.29, 0.717) is 0 Å². The van der Waals surface area contributed by atoms with Crippen molar-refractivity contribution in [2.75, 3.05) is 0 Å². The molecule has 0 bridgehead atoms. The fourth-order valence-electron chi connectivity index (χ4n) is 1.94. The number of H-pyrrole nitrogens is 1. The van der Waals surface area contributed by atoms with Crippen molar-refractivity contribution in [3.63, 3.8) is 0 Å². The van der Waals surface area contributed by atoms with E-state index in [9.17, 15) is 33.0 Å². The molecule has 0 aromatic carbocycles. The Morgan fingerprint density at radius 1 is 1.50 bits per heavy atom. The highest BCUT2D eigenvalue weighted by atomic mass is 19.3. The first-order valence-electron chi connectivity index (χ1n) is 5.56. The highest BCUT2D eigenvalue weighted by Crippen LogP contribution is 2.42. The maximum absolute atomic E-state index is 13.9. The first-order valence-corrected chi connectivity index (χ1v) is 5.56. The van der Waals surface area contributed by atoms with Crippen molar-refractivity contribution in [3.8, 4) is 0 Å². The van der Waals surface area contributed by atoms with Crippen LogP contribution in [-0.4, -0.2) is 44.0 Å². The summed E-state index contributed by atoms with van der Waals surface area (Å²) in [5.41, 5.74) is -2.68. The molecule has 0 saturated carbocycles. The molecule has 4 atom stereocenters. The molecule has 1 aromatic rings. The van der Waals surface area contributed by atoms with Crippen LogP contribution in [0.4, 0.5) is 13.2 Å². The molecule has 1 aliphatic heterocycles. The zero-order valence-electron chi connectivity index (χ0n) is 10.1. The number of aliphatic hydroxyl groups is 2. The summed E-state index contributed by atoms with van der Waals surface area (Å²) >= 11 is 0. The van der Waals surface area contributed by atoms with Gasteiger partial charge < -0.3 is 14.9 Å². The minimum Gasteiger partial charge on any atom is -0.391 e. The van der Waals surface area contributed by atoms with Crippen molar-refractivity contribution in [2.45, 2.75) is 37.4 Å². The Morgan fingerprint density at radius 2 is 2.10 bits per heavy atom. The van der Waals surface area contributed by atoms with Gasteiger partial charge in [-0.1, -0.05) is 0 Å². The second kappa shape index (κ2) is 4.72. The lowest BCUT2D eigenvalue weighted by molar-refractivity contribution is -0.141. The van der Waals surface area contributed by atoms with E-state index in [1.165, 1.54) is 4.98 Å². The predicted octanol–water partition coefficient (Wildman–Crippen LogP) is -1.05. The fraction of sp³-hybridized carbons (Fsp3) is 0.600. The second-order valence-corrected chi connectivity index (χ2v) is 4.46. The highest BCUT2D eigenvalue weighted by Gasteiger charge is 2.60. The molecule has 10 heteroatoms. The lowest BCUT2D eigenvalue weighted by Crippen LogP contribution is -2.44. The second-order valence-electron chi connectivity index (χ2n) is 4.46. The monoisotopic (exact) mass is 296 g/mol. The van der Waals surface area contributed by atoms with E-state index in [0.717, 1.165) is 6.92 Å². The number of aromatic amines is 1. The van der Waals surface area contributed by atoms with Gasteiger partial charge in [-0.25, -0.2) is 4.79 Å². The molecule has 2 heterocycles. The van der Waals surface area contributed by atoms with Crippen LogP contribution in [0.5, 0.6) is 0 Å². The van der Waals surface area contributed by atoms with Gasteiger partial charge in [0.1, 0.15) is 6.10 Å². The summed E-state index contributed by atoms with van der Waals surface area (Å²) in [6, 6.07) is 0. The van der Waals surface area contributed by atoms with Gasteiger partial charge in [-0.05, 0) is 6.92 Å². The summed E-state index contributed by atoms with van der Waals surface area (Å²) in [5, 5.41) is 18.7. The van der Waals surface area contributed by atoms with Crippen LogP contribution in [0.1, 0.15) is 13.2 Å². The third kappa shape index (κ3) is 2.15. The van der Waals surface area contributed by atoms with E-state index in [2.05, 4.69) is 0 Å². The van der Waals surface area contributed by atoms with Crippen LogP contribution in [0.25, 0.3) is 0 Å². The first kappa shape index (κ1) is 14.8. The Morgan fingerprint density at radius 3 is 2.60 bits per heavy atom. The molecule has 3 N–H and O–H groups in total. The first-order chi connectivity index (χ1) is 9.16. The van der Waals surface area contributed by atoms with Gasteiger partial charge in [-0.15, -0.1) is 0 Å². The largest absolute Gasteiger partial charge is 0.391 e. The molecule has 0 aliphatic carbocycles. The molecule has 1 aliphatic rings. The molecule has 1 fully saturated rings. The van der Waals surface area contributed by atoms with Crippen LogP contribution in [0, 0.1) is 5.82 Å². The van der Waals surface area contributed by atoms with Crippen molar-refractivity contribution >= 4 is 0 Å². The molecule has 1 unspecified atom stereocenters. The topological polar surface area (TPSA) is 105 Å². The van der Waals surface area contributed by atoms with Crippen molar-refractivity contribution in [1.82, 2.24) is 9.55 Å². The Bertz CT molecular complexity index is 626. The summed E-state index contributed by atoms with van der Waals surface area (Å²) in [6.07, 6.45) is -7.55. The average molecular weight is 296 g/mol. The van der Waals surface area contributed by atoms with Crippen LogP contribution in [-0.2, 0) is 4.74 Å². The molecule has 0 amide bonds. The van der Waals surface area contributed by atoms with E-state index in [1.54, 1.807) is 0 Å². The number of ether oxygens (including phenoxy) is 1. The van der Waals surface area contributed by atoms with Gasteiger partial charge in [0.2, 0.25) is 12.0 Å². The predicted molar refractivity (Wildman–Crippen MR) is 57.8 cm³/mol. The van der Waals surface area contributed by atoms with E-state index < -0.39 is 47.5 Å². The average Bonchev–Trinajstić information content (AvgIpc) is 2.56. The number of alkyl halides is 2. The Labute approximate surface area is 109 Å². The molecule has 0 spiro atoms. The zero-order valence-corrected chi connectivity index (χ0v) is 10.1. The smallest absolute Gasteiger partial charge is 0.330 e. The van der Waals surface area contributed by atoms with Gasteiger partial charge in [0, 0.05) is 0 Å². The van der Waals surface area contributed by atoms with Gasteiger partial charge in [0.15, 0.2) is 6.10 Å². The quantitative estimate of drug-likeness (QED) is 0.646. The Kier molecular flexibility index (Phi) is 3.48. The summed E-state index contributed by atoms with van der Waals surface area (Å²) in [7, 11) is 0. The van der Waals surface area contributed by atoms with Crippen LogP contribution in [0.15, 0.2) is 15.8 Å². The fourth-order valence-corrected chi connectivity index (χ4v) is 1.94. The molecule has 1 aromatic heterocycles. The molecule has 112 valence electrons. The number of nitrogens with one attached hydrogen (secondary N) is 1. The van der Waals surface area contributed by atoms with E-state index in [4.69, 9.17) is 4.74 Å². The van der Waals surface area contributed by atoms with Gasteiger partial charge in [0.05, 0.1) is 12.3 Å². The van der Waals surface area contributed by atoms with Gasteiger partial charge in [-0.2, -0.15) is 13.2 Å². The van der Waals surface area contributed by atoms with Crippen LogP contribution < -0.4 is 11.2 Å². The Balaban J connectivity index is 2.51. The normalized spacial score (nSPS) is 30.4. The maximum atomic E-state index is 13.9. The van der Waals surface area contributed by atoms with E-state index in [-0.39, 0.29) is 10.8 Å². The molecule has 7 nitrogen and oxygen atoms in total. The molecule has 0 radical (unpaired) electrons. The van der Waals surface area contributed by atoms with Gasteiger partial charge >= 0.3 is 11.6 Å². The van der Waals surface area contributed by atoms with Crippen LogP contribution in [0.2, 0.25) is 0 Å². The van der Waals surface area contributed by atoms with Crippen LogP contribution in [0.3, 0.4) is 0 Å². The minimum atomic E-state index is -3.95. The summed E-state index contributed by atoms with van der Waals surface area (Å²) < 4.78 is 45.7. The summed E-state index contributed by atoms with van der Waals surface area (Å²) in [4.78, 5) is 23.8. The number of hydrogen-bond donors (Lipinski definition) is 3. The highest BCUT2D eigenvalue weighted by molar-refractivity contribution is 5.00. The lowest BCUT2D eigenvalue weighted by Gasteiger charge is -2.20. The van der Waals surface area contributed by atoms with E-state index in [1.807, 2.05) is 0 Å². The number of aliphatic hydroxyl groups excluding tert-OH is 2. The summed E-state index contributed by atoms with van der Waals surface area (Å²) in [5.74, 6) is -5.41. The number of rotatable bonds is 2. The third-order valence-electron chi connectivity index (χ3n) is 2.97. The summed E-state index contributed by atoms with van der Waals surface area (Å²) in [6.45, 7) is 1.11. The lowest BCUT2D eigenvalue weighted by atomic mass is 10.1. The van der Waals surface area contributed by atoms with Crippen LogP contribution >= 0.6 is 0 Å². The standard InChI is InChI=1S/C10H11F3N2O5/c1-3(16)5-6(17)10(12,13)8(20-5)15-2-4(11)7(18)14-9(15)19/h2-3,5-6,8,16-17H,1H3,(H,14,18,19)/t3?,5-,6-,8-/m1/s1. The molecule has 2 rings (SSSR count). The number of aromatic nitrogens is 2. The van der Waals surface area contributed by atoms with Crippen molar-refractivity contribution in [2.24, 2.45) is 0 Å². The number of halogens is 3.